The molecule has 0 saturated heterocycles. The number of carbonyl (C=O) groups is 1. The van der Waals surface area contributed by atoms with Gasteiger partial charge in [0.15, 0.2) is 0 Å². The number of hydrogen-bond acceptors (Lipinski definition) is 3. The lowest BCUT2D eigenvalue weighted by molar-refractivity contribution is 0.0945. The average Bonchev–Trinajstić information content (AvgIpc) is 2.75. The van der Waals surface area contributed by atoms with Crippen molar-refractivity contribution in [1.82, 2.24) is 10.3 Å². The van der Waals surface area contributed by atoms with Gasteiger partial charge >= 0.3 is 0 Å². The number of halogens is 2. The summed E-state index contributed by atoms with van der Waals surface area (Å²) in [6.07, 6.45) is 3.85. The Morgan fingerprint density at radius 1 is 1.61 bits per heavy atom. The molecule has 1 aliphatic rings. The van der Waals surface area contributed by atoms with E-state index in [0.717, 1.165) is 19.3 Å². The number of nitrogens with one attached hydrogen (secondary N) is 1. The summed E-state index contributed by atoms with van der Waals surface area (Å²) in [7, 11) is 0. The first-order valence-corrected chi connectivity index (χ1v) is 7.00. The second kappa shape index (κ2) is 5.99. The van der Waals surface area contributed by atoms with Crippen molar-refractivity contribution in [1.29, 1.82) is 0 Å². The fourth-order valence-corrected chi connectivity index (χ4v) is 2.67. The topological polar surface area (TPSA) is 62.2 Å². The van der Waals surface area contributed by atoms with Crippen LogP contribution in [0, 0.1) is 5.92 Å². The Morgan fingerprint density at radius 2 is 2.39 bits per heavy atom. The van der Waals surface area contributed by atoms with E-state index in [1.165, 1.54) is 0 Å². The van der Waals surface area contributed by atoms with Crippen LogP contribution in [0.15, 0.2) is 16.7 Å². The lowest BCUT2D eigenvalue weighted by atomic mass is 10.1. The van der Waals surface area contributed by atoms with Gasteiger partial charge in [0.1, 0.15) is 5.15 Å². The lowest BCUT2D eigenvalue weighted by Gasteiger charge is -2.11. The van der Waals surface area contributed by atoms with Gasteiger partial charge in [-0.1, -0.05) is 11.6 Å². The standard InChI is InChI=1S/C12H14BrClN2O2/c13-8-4-10(11(14)15-6-8)12(18)16-5-7-1-2-9(17)3-7/h4,6-7,9,17H,1-3,5H2,(H,16,18). The van der Waals surface area contributed by atoms with Crippen LogP contribution in [-0.4, -0.2) is 28.6 Å². The molecule has 1 aromatic rings. The number of aromatic nitrogens is 1. The highest BCUT2D eigenvalue weighted by Crippen LogP contribution is 2.25. The zero-order valence-corrected chi connectivity index (χ0v) is 12.0. The van der Waals surface area contributed by atoms with Gasteiger partial charge in [-0.05, 0) is 47.2 Å². The quantitative estimate of drug-likeness (QED) is 0.835. The Labute approximate surface area is 119 Å². The number of carbonyl (C=O) groups excluding carboxylic acids is 1. The molecule has 0 radical (unpaired) electrons. The number of amides is 1. The van der Waals surface area contributed by atoms with E-state index in [1.54, 1.807) is 12.3 Å². The van der Waals surface area contributed by atoms with Crippen molar-refractivity contribution < 1.29 is 9.90 Å². The molecule has 4 nitrogen and oxygen atoms in total. The van der Waals surface area contributed by atoms with E-state index in [-0.39, 0.29) is 17.2 Å². The van der Waals surface area contributed by atoms with Gasteiger partial charge in [-0.2, -0.15) is 0 Å². The first-order valence-electron chi connectivity index (χ1n) is 5.83. The molecular formula is C12H14BrClN2O2. The first kappa shape index (κ1) is 13.8. The number of aliphatic hydroxyl groups is 1. The van der Waals surface area contributed by atoms with E-state index in [9.17, 15) is 9.90 Å². The van der Waals surface area contributed by atoms with Crippen LogP contribution in [0.25, 0.3) is 0 Å². The average molecular weight is 334 g/mol. The van der Waals surface area contributed by atoms with Crippen molar-refractivity contribution in [2.45, 2.75) is 25.4 Å². The molecule has 2 rings (SSSR count). The number of rotatable bonds is 3. The van der Waals surface area contributed by atoms with Crippen molar-refractivity contribution in [3.63, 3.8) is 0 Å². The van der Waals surface area contributed by atoms with Crippen LogP contribution in [-0.2, 0) is 0 Å². The highest BCUT2D eigenvalue weighted by atomic mass is 79.9. The molecule has 0 bridgehead atoms. The van der Waals surface area contributed by atoms with Crippen molar-refractivity contribution in [2.75, 3.05) is 6.54 Å². The molecule has 98 valence electrons. The van der Waals surface area contributed by atoms with Crippen LogP contribution in [0.1, 0.15) is 29.6 Å². The highest BCUT2D eigenvalue weighted by Gasteiger charge is 2.23. The molecule has 1 saturated carbocycles. The molecule has 1 heterocycles. The molecule has 1 amide bonds. The van der Waals surface area contributed by atoms with Crippen LogP contribution in [0.2, 0.25) is 5.15 Å². The second-order valence-corrected chi connectivity index (χ2v) is 5.81. The smallest absolute Gasteiger partial charge is 0.254 e. The second-order valence-electron chi connectivity index (χ2n) is 4.53. The summed E-state index contributed by atoms with van der Waals surface area (Å²) in [5.41, 5.74) is 0.365. The normalized spacial score (nSPS) is 23.1. The van der Waals surface area contributed by atoms with Gasteiger partial charge in [-0.15, -0.1) is 0 Å². The van der Waals surface area contributed by atoms with Gasteiger partial charge in [0.2, 0.25) is 0 Å². The zero-order valence-electron chi connectivity index (χ0n) is 9.70. The minimum atomic E-state index is -0.227. The molecule has 0 aliphatic heterocycles. The SMILES string of the molecule is O=C(NCC1CCC(O)C1)c1cc(Br)cnc1Cl. The molecule has 6 heteroatoms. The Bertz CT molecular complexity index is 456. The van der Waals surface area contributed by atoms with Crippen LogP contribution in [0.5, 0.6) is 0 Å². The zero-order chi connectivity index (χ0) is 13.1. The Kier molecular flexibility index (Phi) is 4.59. The van der Waals surface area contributed by atoms with Crippen molar-refractivity contribution >= 4 is 33.4 Å². The van der Waals surface area contributed by atoms with Gasteiger partial charge < -0.3 is 10.4 Å². The van der Waals surface area contributed by atoms with Crippen LogP contribution >= 0.6 is 27.5 Å². The summed E-state index contributed by atoms with van der Waals surface area (Å²) in [4.78, 5) is 15.8. The summed E-state index contributed by atoms with van der Waals surface area (Å²) < 4.78 is 0.716. The maximum Gasteiger partial charge on any atom is 0.254 e. The molecule has 0 spiro atoms. The first-order chi connectivity index (χ1) is 8.56. The molecule has 1 aliphatic carbocycles. The molecular weight excluding hydrogens is 320 g/mol. The Morgan fingerprint density at radius 3 is 3.06 bits per heavy atom. The highest BCUT2D eigenvalue weighted by molar-refractivity contribution is 9.10. The number of aliphatic hydroxyl groups excluding tert-OH is 1. The molecule has 18 heavy (non-hydrogen) atoms. The summed E-state index contributed by atoms with van der Waals surface area (Å²) in [6.45, 7) is 0.568. The third-order valence-electron chi connectivity index (χ3n) is 3.12. The maximum atomic E-state index is 11.9. The molecule has 1 aromatic heterocycles. The minimum Gasteiger partial charge on any atom is -0.393 e. The summed E-state index contributed by atoms with van der Waals surface area (Å²) in [5, 5.41) is 12.4. The maximum absolute atomic E-state index is 11.9. The lowest BCUT2D eigenvalue weighted by Crippen LogP contribution is -2.29. The predicted octanol–water partition coefficient (Wildman–Crippen LogP) is 2.39. The van der Waals surface area contributed by atoms with Gasteiger partial charge in [0.25, 0.3) is 5.91 Å². The molecule has 1 fully saturated rings. The predicted molar refractivity (Wildman–Crippen MR) is 72.6 cm³/mol. The summed E-state index contributed by atoms with van der Waals surface area (Å²) >= 11 is 9.13. The summed E-state index contributed by atoms with van der Waals surface area (Å²) in [5.74, 6) is 0.123. The molecule has 2 atom stereocenters. The molecule has 2 unspecified atom stereocenters. The number of nitrogens with zero attached hydrogens (tertiary/aromatic N) is 1. The van der Waals surface area contributed by atoms with Crippen molar-refractivity contribution in [3.8, 4) is 0 Å². The van der Waals surface area contributed by atoms with Crippen molar-refractivity contribution in [3.05, 3.63) is 27.5 Å². The molecule has 0 aromatic carbocycles. The van der Waals surface area contributed by atoms with E-state index < -0.39 is 0 Å². The van der Waals surface area contributed by atoms with Gasteiger partial charge in [-0.3, -0.25) is 4.79 Å². The van der Waals surface area contributed by atoms with Gasteiger partial charge in [-0.25, -0.2) is 4.98 Å². The number of hydrogen-bond donors (Lipinski definition) is 2. The molecule has 2 N–H and O–H groups in total. The van der Waals surface area contributed by atoms with Gasteiger partial charge in [0.05, 0.1) is 11.7 Å². The van der Waals surface area contributed by atoms with E-state index >= 15 is 0 Å². The third kappa shape index (κ3) is 3.43. The summed E-state index contributed by atoms with van der Waals surface area (Å²) in [6, 6.07) is 1.65. The largest absolute Gasteiger partial charge is 0.393 e. The van der Waals surface area contributed by atoms with Gasteiger partial charge in [0, 0.05) is 17.2 Å². The van der Waals surface area contributed by atoms with Crippen LogP contribution in [0.3, 0.4) is 0 Å². The third-order valence-corrected chi connectivity index (χ3v) is 3.85. The van der Waals surface area contributed by atoms with Crippen LogP contribution < -0.4 is 5.32 Å². The van der Waals surface area contributed by atoms with E-state index in [2.05, 4.69) is 26.2 Å². The minimum absolute atomic E-state index is 0.196. The Balaban J connectivity index is 1.93. The Hall–Kier alpha value is -0.650. The van der Waals surface area contributed by atoms with E-state index in [0.29, 0.717) is 22.5 Å². The van der Waals surface area contributed by atoms with E-state index in [1.807, 2.05) is 0 Å². The fourth-order valence-electron chi connectivity index (χ4n) is 2.15. The monoisotopic (exact) mass is 332 g/mol. The van der Waals surface area contributed by atoms with Crippen LogP contribution in [0.4, 0.5) is 0 Å². The van der Waals surface area contributed by atoms with Crippen molar-refractivity contribution in [2.24, 2.45) is 5.92 Å². The number of pyridine rings is 1. The fraction of sp³-hybridized carbons (Fsp3) is 0.500. The van der Waals surface area contributed by atoms with E-state index in [4.69, 9.17) is 11.6 Å².